The van der Waals surface area contributed by atoms with Crippen LogP contribution < -0.4 is 10.9 Å². The first-order valence-corrected chi connectivity index (χ1v) is 6.41. The van der Waals surface area contributed by atoms with Gasteiger partial charge in [0, 0.05) is 29.8 Å². The number of pyridine rings is 1. The molecule has 6 heteroatoms. The van der Waals surface area contributed by atoms with Gasteiger partial charge in [-0.1, -0.05) is 22.0 Å². The first-order chi connectivity index (χ1) is 9.08. The van der Waals surface area contributed by atoms with E-state index < -0.39 is 11.6 Å². The Morgan fingerprint density at radius 2 is 1.89 bits per heavy atom. The summed E-state index contributed by atoms with van der Waals surface area (Å²) < 4.78 is 28.8. The van der Waals surface area contributed by atoms with E-state index in [1.165, 1.54) is 22.8 Å². The highest BCUT2D eigenvalue weighted by atomic mass is 79.9. The third kappa shape index (κ3) is 3.41. The van der Waals surface area contributed by atoms with Crippen LogP contribution in [0.2, 0.25) is 0 Å². The van der Waals surface area contributed by atoms with Crippen LogP contribution in [0, 0.1) is 11.6 Å². The van der Waals surface area contributed by atoms with Crippen LogP contribution in [0.25, 0.3) is 0 Å². The summed E-state index contributed by atoms with van der Waals surface area (Å²) in [5, 5.41) is 2.65. The first-order valence-electron chi connectivity index (χ1n) is 5.62. The van der Waals surface area contributed by atoms with Gasteiger partial charge < -0.3 is 9.88 Å². The topological polar surface area (TPSA) is 34.0 Å². The minimum absolute atomic E-state index is 0.152. The lowest BCUT2D eigenvalue weighted by Crippen LogP contribution is -2.22. The summed E-state index contributed by atoms with van der Waals surface area (Å²) in [5.41, 5.74) is -0.340. The number of hydrogen-bond donors (Lipinski definition) is 1. The molecule has 2 rings (SSSR count). The molecule has 0 aliphatic carbocycles. The summed E-state index contributed by atoms with van der Waals surface area (Å²) in [5.74, 6) is -1.35. The molecule has 2 aromatic rings. The lowest BCUT2D eigenvalue weighted by molar-refractivity contribution is 0.583. The molecule has 0 spiro atoms. The molecule has 100 valence electrons. The lowest BCUT2D eigenvalue weighted by atomic mass is 10.3. The molecule has 0 aliphatic rings. The zero-order chi connectivity index (χ0) is 13.8. The number of aromatic nitrogens is 1. The first kappa shape index (κ1) is 13.7. The highest BCUT2D eigenvalue weighted by molar-refractivity contribution is 9.10. The number of benzene rings is 1. The highest BCUT2D eigenvalue weighted by Gasteiger charge is 2.09. The van der Waals surface area contributed by atoms with Crippen LogP contribution in [0.15, 0.2) is 45.8 Å². The molecule has 0 atom stereocenters. The van der Waals surface area contributed by atoms with E-state index in [4.69, 9.17) is 0 Å². The Hall–Kier alpha value is -1.69. The molecule has 0 unspecified atom stereocenters. The Morgan fingerprint density at radius 3 is 2.53 bits per heavy atom. The molecule has 3 nitrogen and oxygen atoms in total. The average Bonchev–Trinajstić information content (AvgIpc) is 2.34. The maximum Gasteiger partial charge on any atom is 0.250 e. The largest absolute Gasteiger partial charge is 0.378 e. The van der Waals surface area contributed by atoms with Crippen LogP contribution in [0.5, 0.6) is 0 Å². The molecule has 0 bridgehead atoms. The molecular formula is C13H11BrF2N2O. The number of anilines is 1. The van der Waals surface area contributed by atoms with Crippen molar-refractivity contribution in [3.8, 4) is 0 Å². The number of rotatable bonds is 4. The van der Waals surface area contributed by atoms with Gasteiger partial charge in [0.1, 0.15) is 17.3 Å². The highest BCUT2D eigenvalue weighted by Crippen LogP contribution is 2.23. The van der Waals surface area contributed by atoms with Gasteiger partial charge >= 0.3 is 0 Å². The van der Waals surface area contributed by atoms with Crippen LogP contribution in [-0.4, -0.2) is 11.1 Å². The number of halogens is 3. The Balaban J connectivity index is 2.04. The van der Waals surface area contributed by atoms with Gasteiger partial charge in [0.2, 0.25) is 0 Å². The standard InChI is InChI=1S/C13H11BrF2N2O/c14-9-7-10(15)13(11(16)8-9)17-4-6-18-5-2-1-3-12(18)19/h1-3,5,7-8,17H,4,6H2. The van der Waals surface area contributed by atoms with Crippen LogP contribution in [-0.2, 0) is 6.54 Å². The van der Waals surface area contributed by atoms with Crippen molar-refractivity contribution in [2.45, 2.75) is 6.54 Å². The fraction of sp³-hybridized carbons (Fsp3) is 0.154. The molecule has 0 saturated heterocycles. The van der Waals surface area contributed by atoms with Gasteiger partial charge in [-0.15, -0.1) is 0 Å². The van der Waals surface area contributed by atoms with Crippen molar-refractivity contribution in [2.24, 2.45) is 0 Å². The number of nitrogens with zero attached hydrogens (tertiary/aromatic N) is 1. The van der Waals surface area contributed by atoms with E-state index in [9.17, 15) is 13.6 Å². The van der Waals surface area contributed by atoms with E-state index in [1.807, 2.05) is 0 Å². The summed E-state index contributed by atoms with van der Waals surface area (Å²) in [7, 11) is 0. The van der Waals surface area contributed by atoms with Crippen molar-refractivity contribution in [2.75, 3.05) is 11.9 Å². The van der Waals surface area contributed by atoms with E-state index in [0.717, 1.165) is 0 Å². The van der Waals surface area contributed by atoms with Crippen molar-refractivity contribution in [3.05, 3.63) is 63.0 Å². The van der Waals surface area contributed by atoms with Gasteiger partial charge in [-0.2, -0.15) is 0 Å². The Bertz CT molecular complexity index is 620. The summed E-state index contributed by atoms with van der Waals surface area (Å²) in [6.07, 6.45) is 1.62. The maximum absolute atomic E-state index is 13.5. The van der Waals surface area contributed by atoms with Crippen molar-refractivity contribution in [1.29, 1.82) is 0 Å². The fourth-order valence-electron chi connectivity index (χ4n) is 1.66. The van der Waals surface area contributed by atoms with Gasteiger partial charge in [0.25, 0.3) is 5.56 Å². The number of hydrogen-bond acceptors (Lipinski definition) is 2. The molecule has 0 saturated carbocycles. The lowest BCUT2D eigenvalue weighted by Gasteiger charge is -2.10. The molecule has 1 heterocycles. The van der Waals surface area contributed by atoms with E-state index in [-0.39, 0.29) is 17.8 Å². The molecule has 0 fully saturated rings. The van der Waals surface area contributed by atoms with Gasteiger partial charge in [0.05, 0.1) is 0 Å². The Morgan fingerprint density at radius 1 is 1.21 bits per heavy atom. The monoisotopic (exact) mass is 328 g/mol. The van der Waals surface area contributed by atoms with Crippen molar-refractivity contribution < 1.29 is 8.78 Å². The smallest absolute Gasteiger partial charge is 0.250 e. The van der Waals surface area contributed by atoms with E-state index in [1.54, 1.807) is 18.3 Å². The summed E-state index contributed by atoms with van der Waals surface area (Å²) in [6.45, 7) is 0.577. The summed E-state index contributed by atoms with van der Waals surface area (Å²) in [6, 6.07) is 7.16. The summed E-state index contributed by atoms with van der Waals surface area (Å²) in [4.78, 5) is 11.4. The van der Waals surface area contributed by atoms with Crippen molar-refractivity contribution in [1.82, 2.24) is 4.57 Å². The van der Waals surface area contributed by atoms with Gasteiger partial charge in [-0.05, 0) is 18.2 Å². The zero-order valence-corrected chi connectivity index (χ0v) is 11.5. The van der Waals surface area contributed by atoms with Crippen molar-refractivity contribution in [3.63, 3.8) is 0 Å². The van der Waals surface area contributed by atoms with Crippen LogP contribution in [0.4, 0.5) is 14.5 Å². The minimum Gasteiger partial charge on any atom is -0.378 e. The maximum atomic E-state index is 13.5. The molecule has 0 aliphatic heterocycles. The second-order valence-electron chi connectivity index (χ2n) is 3.90. The van der Waals surface area contributed by atoms with Crippen LogP contribution in [0.3, 0.4) is 0 Å². The average molecular weight is 329 g/mol. The normalized spacial score (nSPS) is 10.5. The minimum atomic E-state index is -0.674. The van der Waals surface area contributed by atoms with E-state index in [0.29, 0.717) is 11.0 Å². The molecule has 0 radical (unpaired) electrons. The predicted molar refractivity (Wildman–Crippen MR) is 73.2 cm³/mol. The molecule has 0 amide bonds. The third-order valence-electron chi connectivity index (χ3n) is 2.56. The van der Waals surface area contributed by atoms with Gasteiger partial charge in [-0.3, -0.25) is 4.79 Å². The zero-order valence-electron chi connectivity index (χ0n) is 9.87. The SMILES string of the molecule is O=c1ccccn1CCNc1c(F)cc(Br)cc1F. The second kappa shape index (κ2) is 5.97. The predicted octanol–water partition coefficient (Wildman–Crippen LogP) is 3.00. The third-order valence-corrected chi connectivity index (χ3v) is 3.02. The Labute approximate surface area is 117 Å². The number of nitrogens with one attached hydrogen (secondary N) is 1. The van der Waals surface area contributed by atoms with E-state index in [2.05, 4.69) is 21.2 Å². The van der Waals surface area contributed by atoms with Gasteiger partial charge in [0.15, 0.2) is 0 Å². The Kier molecular flexibility index (Phi) is 4.31. The molecule has 1 aromatic carbocycles. The fourth-order valence-corrected chi connectivity index (χ4v) is 2.06. The van der Waals surface area contributed by atoms with Crippen LogP contribution >= 0.6 is 15.9 Å². The molecular weight excluding hydrogens is 318 g/mol. The molecule has 1 N–H and O–H groups in total. The summed E-state index contributed by atoms with van der Waals surface area (Å²) >= 11 is 3.01. The van der Waals surface area contributed by atoms with E-state index >= 15 is 0 Å². The van der Waals surface area contributed by atoms with Gasteiger partial charge in [-0.25, -0.2) is 8.78 Å². The van der Waals surface area contributed by atoms with Crippen molar-refractivity contribution >= 4 is 21.6 Å². The molecule has 1 aromatic heterocycles. The quantitative estimate of drug-likeness (QED) is 0.936. The second-order valence-corrected chi connectivity index (χ2v) is 4.82. The molecule has 19 heavy (non-hydrogen) atoms. The van der Waals surface area contributed by atoms with Crippen LogP contribution in [0.1, 0.15) is 0 Å².